The molecule has 0 bridgehead atoms. The van der Waals surface area contributed by atoms with Gasteiger partial charge in [-0.25, -0.2) is 0 Å². The second-order valence-corrected chi connectivity index (χ2v) is 7.58. The summed E-state index contributed by atoms with van der Waals surface area (Å²) < 4.78 is 30.2. The number of nitrogens with zero attached hydrogens (tertiary/aromatic N) is 1. The van der Waals surface area contributed by atoms with E-state index in [1.165, 1.54) is 0 Å². The molecule has 25 heavy (non-hydrogen) atoms. The molecule has 2 aromatic rings. The van der Waals surface area contributed by atoms with E-state index in [0.717, 1.165) is 10.8 Å². The van der Waals surface area contributed by atoms with Crippen LogP contribution in [0, 0.1) is 11.3 Å². The molecule has 3 rings (SSSR count). The predicted octanol–water partition coefficient (Wildman–Crippen LogP) is 4.23. The molecule has 1 heterocycles. The first kappa shape index (κ1) is 17.5. The van der Waals surface area contributed by atoms with Gasteiger partial charge in [0.15, 0.2) is 0 Å². The van der Waals surface area contributed by atoms with Gasteiger partial charge in [-0.05, 0) is 30.7 Å². The molecular weight excluding hydrogens is 339 g/mol. The van der Waals surface area contributed by atoms with Crippen molar-refractivity contribution in [3.63, 3.8) is 0 Å². The first-order chi connectivity index (χ1) is 12.1. The number of hydrogen-bond donors (Lipinski definition) is 1. The van der Waals surface area contributed by atoms with Gasteiger partial charge in [0.1, 0.15) is 23.1 Å². The smallest absolute Gasteiger partial charge is 0.343 e. The van der Waals surface area contributed by atoms with Crippen molar-refractivity contribution >= 4 is 18.4 Å². The maximum absolute atomic E-state index is 13.5. The molecule has 0 aromatic heterocycles. The van der Waals surface area contributed by atoms with Crippen LogP contribution in [0.5, 0.6) is 5.75 Å². The zero-order chi connectivity index (χ0) is 18.0. The van der Waals surface area contributed by atoms with Gasteiger partial charge in [-0.1, -0.05) is 30.3 Å². The van der Waals surface area contributed by atoms with Crippen molar-refractivity contribution in [1.29, 1.82) is 5.26 Å². The molecule has 0 saturated carbocycles. The summed E-state index contributed by atoms with van der Waals surface area (Å²) in [4.78, 5) is 0. The minimum absolute atomic E-state index is 0.0640. The molecule has 1 atom stereocenters. The van der Waals surface area contributed by atoms with E-state index in [1.807, 2.05) is 36.4 Å². The lowest BCUT2D eigenvalue weighted by molar-refractivity contribution is 0.213. The number of nitriles is 1. The minimum atomic E-state index is -3.68. The van der Waals surface area contributed by atoms with Crippen LogP contribution < -0.4 is 10.5 Å². The summed E-state index contributed by atoms with van der Waals surface area (Å²) >= 11 is 0. The van der Waals surface area contributed by atoms with E-state index in [0.29, 0.717) is 11.3 Å². The monoisotopic (exact) mass is 358 g/mol. The Kier molecular flexibility index (Phi) is 4.82. The number of nitrogens with two attached hydrogens (primary N) is 1. The summed E-state index contributed by atoms with van der Waals surface area (Å²) in [5, 5.41) is 11.4. The summed E-state index contributed by atoms with van der Waals surface area (Å²) in [7, 11) is -3.68. The average Bonchev–Trinajstić information content (AvgIpc) is 2.60. The Hall–Kier alpha value is -2.32. The van der Waals surface area contributed by atoms with Crippen molar-refractivity contribution in [3.8, 4) is 11.8 Å². The fraction of sp³-hybridized carbons (Fsp3) is 0.278. The molecule has 2 aromatic carbocycles. The summed E-state index contributed by atoms with van der Waals surface area (Å²) in [5.74, 6) is 0.384. The molecule has 1 aliphatic rings. The van der Waals surface area contributed by atoms with Gasteiger partial charge >= 0.3 is 7.60 Å². The van der Waals surface area contributed by atoms with E-state index >= 15 is 0 Å². The maximum atomic E-state index is 13.5. The van der Waals surface area contributed by atoms with Crippen LogP contribution in [-0.4, -0.2) is 13.2 Å². The lowest BCUT2D eigenvalue weighted by Gasteiger charge is -2.31. The van der Waals surface area contributed by atoms with Crippen molar-refractivity contribution in [2.45, 2.75) is 19.5 Å². The van der Waals surface area contributed by atoms with Crippen LogP contribution in [0.3, 0.4) is 0 Å². The Bertz CT molecular complexity index is 922. The number of benzene rings is 2. The summed E-state index contributed by atoms with van der Waals surface area (Å²) in [5.41, 5.74) is 5.68. The number of hydrogen-bond acceptors (Lipinski definition) is 6. The topological polar surface area (TPSA) is 94.6 Å². The van der Waals surface area contributed by atoms with Crippen molar-refractivity contribution < 1.29 is 18.3 Å². The largest absolute Gasteiger partial charge is 0.440 e. The molecule has 130 valence electrons. The van der Waals surface area contributed by atoms with Crippen LogP contribution in [0.1, 0.15) is 25.1 Å². The molecule has 0 spiro atoms. The van der Waals surface area contributed by atoms with E-state index in [-0.39, 0.29) is 24.7 Å². The highest BCUT2D eigenvalue weighted by atomic mass is 31.2. The highest BCUT2D eigenvalue weighted by Crippen LogP contribution is 2.67. The number of allylic oxidation sites excluding steroid dienone is 1. The fourth-order valence-electron chi connectivity index (χ4n) is 3.08. The molecule has 1 aliphatic heterocycles. The average molecular weight is 358 g/mol. The molecule has 7 heteroatoms. The number of fused-ring (bicyclic) bond motifs is 3. The van der Waals surface area contributed by atoms with Gasteiger partial charge in [0, 0.05) is 5.56 Å². The fourth-order valence-corrected chi connectivity index (χ4v) is 5.25. The highest BCUT2D eigenvalue weighted by Gasteiger charge is 2.46. The molecule has 1 unspecified atom stereocenters. The quantitative estimate of drug-likeness (QED) is 0.804. The summed E-state index contributed by atoms with van der Waals surface area (Å²) in [6.07, 6.45) is 0. The van der Waals surface area contributed by atoms with Crippen LogP contribution in [0.15, 0.2) is 47.9 Å². The van der Waals surface area contributed by atoms with Gasteiger partial charge in [0.2, 0.25) is 5.88 Å². The van der Waals surface area contributed by atoms with Crippen LogP contribution in [0.4, 0.5) is 0 Å². The molecular formula is C18H19N2O4P. The standard InChI is InChI=1S/C18H19N2O4P/c1-3-22-25(21,23-4-2)17-14(11-19)18(20)24-15-10-9-12-7-5-6-8-13(12)16(15)17/h5-10,17H,3-4,20H2,1-2H3. The van der Waals surface area contributed by atoms with Crippen LogP contribution in [-0.2, 0) is 13.6 Å². The predicted molar refractivity (Wildman–Crippen MR) is 95.0 cm³/mol. The molecule has 6 nitrogen and oxygen atoms in total. The Morgan fingerprint density at radius 3 is 2.52 bits per heavy atom. The third-order valence-electron chi connectivity index (χ3n) is 4.02. The Morgan fingerprint density at radius 2 is 1.88 bits per heavy atom. The zero-order valence-corrected chi connectivity index (χ0v) is 15.0. The molecule has 2 N–H and O–H groups in total. The van der Waals surface area contributed by atoms with Crippen molar-refractivity contribution in [3.05, 3.63) is 53.4 Å². The lowest BCUT2D eigenvalue weighted by Crippen LogP contribution is -2.22. The summed E-state index contributed by atoms with van der Waals surface area (Å²) in [6, 6.07) is 13.3. The number of ether oxygens (including phenoxy) is 1. The van der Waals surface area contributed by atoms with Gasteiger partial charge in [-0.15, -0.1) is 0 Å². The van der Waals surface area contributed by atoms with Crippen LogP contribution in [0.2, 0.25) is 0 Å². The molecule has 0 aliphatic carbocycles. The lowest BCUT2D eigenvalue weighted by atomic mass is 9.96. The normalized spacial score (nSPS) is 17.1. The van der Waals surface area contributed by atoms with Gasteiger partial charge in [-0.2, -0.15) is 5.26 Å². The van der Waals surface area contributed by atoms with Crippen LogP contribution in [0.25, 0.3) is 10.8 Å². The minimum Gasteiger partial charge on any atom is -0.440 e. The van der Waals surface area contributed by atoms with E-state index in [4.69, 9.17) is 19.5 Å². The maximum Gasteiger partial charge on any atom is 0.343 e. The third kappa shape index (κ3) is 2.91. The Morgan fingerprint density at radius 1 is 1.20 bits per heavy atom. The van der Waals surface area contributed by atoms with Crippen molar-refractivity contribution in [2.75, 3.05) is 13.2 Å². The zero-order valence-electron chi connectivity index (χ0n) is 14.1. The Labute approximate surface area is 146 Å². The van der Waals surface area contributed by atoms with E-state index < -0.39 is 13.3 Å². The van der Waals surface area contributed by atoms with E-state index in [9.17, 15) is 9.83 Å². The Balaban J connectivity index is 2.34. The van der Waals surface area contributed by atoms with Gasteiger partial charge in [0.25, 0.3) is 0 Å². The SMILES string of the molecule is CCOP(=O)(OCC)C1C(C#N)=C(N)Oc2ccc3ccccc3c21. The molecule has 0 fully saturated rings. The second kappa shape index (κ2) is 6.89. The summed E-state index contributed by atoms with van der Waals surface area (Å²) in [6.45, 7) is 3.84. The van der Waals surface area contributed by atoms with Crippen molar-refractivity contribution in [2.24, 2.45) is 5.73 Å². The molecule has 0 saturated heterocycles. The van der Waals surface area contributed by atoms with E-state index in [1.54, 1.807) is 19.9 Å². The number of rotatable bonds is 5. The molecule has 0 radical (unpaired) electrons. The third-order valence-corrected chi connectivity index (χ3v) is 6.40. The first-order valence-corrected chi connectivity index (χ1v) is 9.65. The van der Waals surface area contributed by atoms with Crippen molar-refractivity contribution in [1.82, 2.24) is 0 Å². The first-order valence-electron chi connectivity index (χ1n) is 8.03. The molecule has 0 amide bonds. The van der Waals surface area contributed by atoms with Gasteiger partial charge in [-0.3, -0.25) is 4.57 Å². The van der Waals surface area contributed by atoms with Gasteiger partial charge < -0.3 is 19.5 Å². The highest BCUT2D eigenvalue weighted by molar-refractivity contribution is 7.54. The second-order valence-electron chi connectivity index (χ2n) is 5.47. The van der Waals surface area contributed by atoms with E-state index in [2.05, 4.69) is 0 Å². The van der Waals surface area contributed by atoms with Gasteiger partial charge in [0.05, 0.1) is 13.2 Å². The van der Waals surface area contributed by atoms with Crippen LogP contribution >= 0.6 is 7.60 Å².